The van der Waals surface area contributed by atoms with E-state index in [1.807, 2.05) is 0 Å². The molecule has 0 aliphatic heterocycles. The Hall–Kier alpha value is -0.400. The quantitative estimate of drug-likeness (QED) is 0.417. The van der Waals surface area contributed by atoms with Gasteiger partial charge in [0.05, 0.1) is 0 Å². The van der Waals surface area contributed by atoms with Crippen LogP contribution in [0.4, 0.5) is 0 Å². The Morgan fingerprint density at radius 2 is 2.29 bits per heavy atom. The van der Waals surface area contributed by atoms with Crippen molar-refractivity contribution in [3.63, 3.8) is 0 Å². The van der Waals surface area contributed by atoms with Gasteiger partial charge in [-0.15, -0.1) is 0 Å². The number of carbonyl (C=O) groups is 1. The Bertz CT molecular complexity index is 117. The smallest absolute Gasteiger partial charge is 0.257 e. The summed E-state index contributed by atoms with van der Waals surface area (Å²) in [6.07, 6.45) is 0.835. The molecule has 0 fully saturated rings. The van der Waals surface area contributed by atoms with E-state index in [0.29, 0.717) is 0 Å². The predicted molar refractivity (Wildman–Crippen MR) is 26.4 cm³/mol. The van der Waals surface area contributed by atoms with E-state index in [2.05, 4.69) is 6.58 Å². The van der Waals surface area contributed by atoms with Gasteiger partial charge in [-0.1, -0.05) is 6.58 Å². The van der Waals surface area contributed by atoms with Crippen LogP contribution in [0.1, 0.15) is 0 Å². The lowest BCUT2D eigenvalue weighted by Crippen LogP contribution is -1.78. The van der Waals surface area contributed by atoms with Gasteiger partial charge in [0.1, 0.15) is 0 Å². The molecule has 1 N–H and O–H groups in total. The Morgan fingerprint density at radius 1 is 1.86 bits per heavy atom. The number of allylic oxidation sites excluding steroid dienone is 1. The first-order valence-electron chi connectivity index (χ1n) is 1.58. The van der Waals surface area contributed by atoms with Gasteiger partial charge in [-0.2, -0.15) is 0 Å². The first-order chi connectivity index (χ1) is 3.18. The normalized spacial score (nSPS) is 12.7. The first-order valence-corrected chi connectivity index (χ1v) is 2.93. The summed E-state index contributed by atoms with van der Waals surface area (Å²) in [5.41, 5.74) is -0.787. The largest absolute Gasteiger partial charge is 0.341 e. The Labute approximate surface area is 41.5 Å². The molecule has 0 aromatic rings. The second-order valence-corrected chi connectivity index (χ2v) is 1.98. The second-order valence-electron chi connectivity index (χ2n) is 0.874. The molecule has 0 aromatic carbocycles. The van der Waals surface area contributed by atoms with E-state index >= 15 is 0 Å². The van der Waals surface area contributed by atoms with E-state index in [0.717, 1.165) is 6.08 Å². The fraction of sp³-hybridized carbons (Fsp3) is 0. The van der Waals surface area contributed by atoms with Crippen molar-refractivity contribution in [1.29, 1.82) is 0 Å². The maximum atomic E-state index is 9.88. The SMILES string of the molecule is C=CC(=O)[PH](=O)O. The van der Waals surface area contributed by atoms with Crippen molar-refractivity contribution in [2.24, 2.45) is 0 Å². The number of carbonyl (C=O) groups excluding carboxylic acids is 1. The molecule has 0 rings (SSSR count). The zero-order valence-electron chi connectivity index (χ0n) is 3.55. The van der Waals surface area contributed by atoms with Crippen LogP contribution in [0.15, 0.2) is 12.7 Å². The minimum Gasteiger partial charge on any atom is -0.341 e. The van der Waals surface area contributed by atoms with E-state index in [4.69, 9.17) is 4.89 Å². The minimum atomic E-state index is -2.97. The van der Waals surface area contributed by atoms with Crippen LogP contribution in [-0.2, 0) is 9.36 Å². The van der Waals surface area contributed by atoms with Crippen molar-refractivity contribution in [2.45, 2.75) is 0 Å². The number of hydrogen-bond acceptors (Lipinski definition) is 2. The Balaban J connectivity index is 3.81. The van der Waals surface area contributed by atoms with Crippen molar-refractivity contribution in [1.82, 2.24) is 0 Å². The van der Waals surface area contributed by atoms with Crippen LogP contribution in [0.25, 0.3) is 0 Å². The second kappa shape index (κ2) is 2.72. The van der Waals surface area contributed by atoms with Gasteiger partial charge in [0.15, 0.2) is 0 Å². The molecule has 0 saturated carbocycles. The van der Waals surface area contributed by atoms with Gasteiger partial charge >= 0.3 is 0 Å². The highest BCUT2D eigenvalue weighted by Gasteiger charge is 1.97. The van der Waals surface area contributed by atoms with Crippen molar-refractivity contribution >= 4 is 13.6 Å². The molecular weight excluding hydrogens is 115 g/mol. The maximum Gasteiger partial charge on any atom is 0.257 e. The summed E-state index contributed by atoms with van der Waals surface area (Å²) in [5, 5.41) is 0. The highest BCUT2D eigenvalue weighted by Crippen LogP contribution is 2.13. The average Bonchev–Trinajstić information content (AvgIpc) is 1.65. The molecule has 0 aliphatic rings. The van der Waals surface area contributed by atoms with Gasteiger partial charge in [0.25, 0.3) is 8.03 Å². The third-order valence-corrected chi connectivity index (χ3v) is 1.02. The lowest BCUT2D eigenvalue weighted by Gasteiger charge is -1.78. The summed E-state index contributed by atoms with van der Waals surface area (Å²) >= 11 is 0. The molecule has 0 radical (unpaired) electrons. The van der Waals surface area contributed by atoms with Crippen LogP contribution >= 0.6 is 8.03 Å². The summed E-state index contributed by atoms with van der Waals surface area (Å²) in [5.74, 6) is 0. The van der Waals surface area contributed by atoms with E-state index in [9.17, 15) is 9.36 Å². The van der Waals surface area contributed by atoms with Gasteiger partial charge in [0.2, 0.25) is 5.52 Å². The van der Waals surface area contributed by atoms with Gasteiger partial charge in [-0.25, -0.2) is 0 Å². The van der Waals surface area contributed by atoms with Gasteiger partial charge in [0, 0.05) is 0 Å². The predicted octanol–water partition coefficient (Wildman–Crippen LogP) is 0.166. The molecule has 0 bridgehead atoms. The lowest BCUT2D eigenvalue weighted by molar-refractivity contribution is -0.108. The molecule has 4 heteroatoms. The van der Waals surface area contributed by atoms with Crippen LogP contribution in [0.5, 0.6) is 0 Å². The molecule has 0 aliphatic carbocycles. The zero-order chi connectivity index (χ0) is 5.86. The van der Waals surface area contributed by atoms with Gasteiger partial charge < -0.3 is 4.89 Å². The molecule has 40 valence electrons. The van der Waals surface area contributed by atoms with E-state index in [1.165, 1.54) is 0 Å². The zero-order valence-corrected chi connectivity index (χ0v) is 4.55. The van der Waals surface area contributed by atoms with Gasteiger partial charge in [-0.05, 0) is 6.08 Å². The molecule has 1 unspecified atom stereocenters. The monoisotopic (exact) mass is 120 g/mol. The lowest BCUT2D eigenvalue weighted by atomic mass is 10.7. The first kappa shape index (κ1) is 6.60. The fourth-order valence-electron chi connectivity index (χ4n) is 0.0873. The van der Waals surface area contributed by atoms with Crippen molar-refractivity contribution in [3.8, 4) is 0 Å². The summed E-state index contributed by atoms with van der Waals surface area (Å²) in [7, 11) is -2.97. The molecule has 7 heavy (non-hydrogen) atoms. The van der Waals surface area contributed by atoms with E-state index in [-0.39, 0.29) is 0 Å². The molecule has 3 nitrogen and oxygen atoms in total. The highest BCUT2D eigenvalue weighted by molar-refractivity contribution is 7.58. The van der Waals surface area contributed by atoms with E-state index < -0.39 is 13.6 Å². The molecule has 0 spiro atoms. The molecule has 0 heterocycles. The molecule has 0 amide bonds. The van der Waals surface area contributed by atoms with Crippen LogP contribution < -0.4 is 0 Å². The van der Waals surface area contributed by atoms with E-state index in [1.54, 1.807) is 0 Å². The molecule has 1 atom stereocenters. The summed E-state index contributed by atoms with van der Waals surface area (Å²) in [6.45, 7) is 3.00. The Morgan fingerprint density at radius 3 is 2.29 bits per heavy atom. The standard InChI is InChI=1S/C3H5O3P/c1-2-3(4)7(5)6/h2,7H,1H2,(H,5,6). The van der Waals surface area contributed by atoms with Crippen LogP contribution in [-0.4, -0.2) is 10.4 Å². The van der Waals surface area contributed by atoms with Crippen molar-refractivity contribution in [3.05, 3.63) is 12.7 Å². The maximum absolute atomic E-state index is 9.88. The highest BCUT2D eigenvalue weighted by atomic mass is 31.1. The number of rotatable bonds is 2. The third-order valence-electron chi connectivity index (χ3n) is 0.396. The summed E-state index contributed by atoms with van der Waals surface area (Å²) < 4.78 is 9.69. The fourth-order valence-corrected chi connectivity index (χ4v) is 0.262. The molecular formula is C3H5O3P. The molecule has 0 saturated heterocycles. The summed E-state index contributed by atoms with van der Waals surface area (Å²) in [6, 6.07) is 0. The van der Waals surface area contributed by atoms with Gasteiger partial charge in [-0.3, -0.25) is 9.36 Å². The Kier molecular flexibility index (Phi) is 2.56. The third kappa shape index (κ3) is 2.31. The van der Waals surface area contributed by atoms with Crippen LogP contribution in [0, 0.1) is 0 Å². The summed E-state index contributed by atoms with van der Waals surface area (Å²) in [4.78, 5) is 17.8. The van der Waals surface area contributed by atoms with Crippen LogP contribution in [0.3, 0.4) is 0 Å². The molecule has 0 aromatic heterocycles. The average molecular weight is 120 g/mol. The van der Waals surface area contributed by atoms with Crippen LogP contribution in [0.2, 0.25) is 0 Å². The minimum absolute atomic E-state index is 0.787. The van der Waals surface area contributed by atoms with Crippen molar-refractivity contribution < 1.29 is 14.3 Å². The number of hydrogen-bond donors (Lipinski definition) is 1. The van der Waals surface area contributed by atoms with Crippen molar-refractivity contribution in [2.75, 3.05) is 0 Å². The topological polar surface area (TPSA) is 54.4 Å².